The zero-order valence-corrected chi connectivity index (χ0v) is 15.1. The Labute approximate surface area is 149 Å². The molecule has 0 fully saturated rings. The number of amides is 1. The molecule has 0 saturated carbocycles. The minimum Gasteiger partial charge on any atom is -0.449 e. The molecule has 2 aromatic rings. The van der Waals surface area contributed by atoms with E-state index in [0.717, 1.165) is 15.7 Å². The maximum absolute atomic E-state index is 12.3. The number of para-hydroxylation sites is 1. The number of ether oxygens (including phenoxy) is 1. The third kappa shape index (κ3) is 5.06. The summed E-state index contributed by atoms with van der Waals surface area (Å²) in [6.45, 7) is 1.56. The summed E-state index contributed by atoms with van der Waals surface area (Å²) in [5, 5.41) is 0. The van der Waals surface area contributed by atoms with E-state index in [4.69, 9.17) is 4.74 Å². The zero-order valence-electron chi connectivity index (χ0n) is 13.5. The zero-order chi connectivity index (χ0) is 17.5. The first-order valence-corrected chi connectivity index (χ1v) is 8.23. The fourth-order valence-electron chi connectivity index (χ4n) is 2.05. The highest BCUT2D eigenvalue weighted by atomic mass is 79.9. The van der Waals surface area contributed by atoms with Crippen molar-refractivity contribution >= 4 is 39.6 Å². The van der Waals surface area contributed by atoms with E-state index < -0.39 is 12.1 Å². The highest BCUT2D eigenvalue weighted by Crippen LogP contribution is 2.14. The van der Waals surface area contributed by atoms with Crippen LogP contribution in [0, 0.1) is 0 Å². The summed E-state index contributed by atoms with van der Waals surface area (Å²) in [7, 11) is 1.65. The van der Waals surface area contributed by atoms with Crippen molar-refractivity contribution in [3.63, 3.8) is 0 Å². The highest BCUT2D eigenvalue weighted by molar-refractivity contribution is 9.10. The molecule has 1 amide bonds. The van der Waals surface area contributed by atoms with Crippen molar-refractivity contribution in [1.82, 2.24) is 0 Å². The summed E-state index contributed by atoms with van der Waals surface area (Å²) in [6.07, 6.45) is 2.10. The summed E-state index contributed by atoms with van der Waals surface area (Å²) < 4.78 is 6.14. The van der Waals surface area contributed by atoms with Crippen molar-refractivity contribution in [3.8, 4) is 0 Å². The molecule has 0 aliphatic heterocycles. The monoisotopic (exact) mass is 387 g/mol. The Bertz CT molecular complexity index is 726. The van der Waals surface area contributed by atoms with Crippen LogP contribution in [-0.4, -0.2) is 25.0 Å². The van der Waals surface area contributed by atoms with Gasteiger partial charge in [0.05, 0.1) is 0 Å². The molecule has 124 valence electrons. The van der Waals surface area contributed by atoms with Gasteiger partial charge in [-0.25, -0.2) is 4.79 Å². The van der Waals surface area contributed by atoms with Gasteiger partial charge in [0.25, 0.3) is 5.91 Å². The number of likely N-dealkylation sites (N-methyl/N-ethyl adjacent to an activating group) is 1. The average Bonchev–Trinajstić information content (AvgIpc) is 2.60. The third-order valence-corrected chi connectivity index (χ3v) is 3.93. The fourth-order valence-corrected chi connectivity index (χ4v) is 2.32. The number of halogens is 1. The molecule has 0 radical (unpaired) electrons. The summed E-state index contributed by atoms with van der Waals surface area (Å²) in [5.41, 5.74) is 1.62. The number of hydrogen-bond acceptors (Lipinski definition) is 3. The number of rotatable bonds is 5. The Kier molecular flexibility index (Phi) is 6.32. The first-order chi connectivity index (χ1) is 11.5. The van der Waals surface area contributed by atoms with Crippen LogP contribution in [0.1, 0.15) is 12.5 Å². The predicted molar refractivity (Wildman–Crippen MR) is 98.6 cm³/mol. The van der Waals surface area contributed by atoms with E-state index in [9.17, 15) is 9.59 Å². The van der Waals surface area contributed by atoms with E-state index in [1.54, 1.807) is 20.0 Å². The molecule has 0 N–H and O–H groups in total. The Morgan fingerprint density at radius 2 is 1.71 bits per heavy atom. The van der Waals surface area contributed by atoms with Crippen molar-refractivity contribution in [2.45, 2.75) is 13.0 Å². The Morgan fingerprint density at radius 1 is 1.08 bits per heavy atom. The molecule has 0 bridgehead atoms. The van der Waals surface area contributed by atoms with Gasteiger partial charge in [-0.2, -0.15) is 0 Å². The lowest BCUT2D eigenvalue weighted by molar-refractivity contribution is -0.148. The number of anilines is 1. The van der Waals surface area contributed by atoms with Crippen LogP contribution in [-0.2, 0) is 14.3 Å². The van der Waals surface area contributed by atoms with Crippen molar-refractivity contribution in [1.29, 1.82) is 0 Å². The maximum atomic E-state index is 12.3. The van der Waals surface area contributed by atoms with Crippen LogP contribution in [0.5, 0.6) is 0 Å². The van der Waals surface area contributed by atoms with Crippen LogP contribution < -0.4 is 4.90 Å². The number of esters is 1. The molecule has 1 atom stereocenters. The third-order valence-electron chi connectivity index (χ3n) is 3.40. The Balaban J connectivity index is 1.93. The summed E-state index contributed by atoms with van der Waals surface area (Å²) >= 11 is 3.35. The second kappa shape index (κ2) is 8.45. The highest BCUT2D eigenvalue weighted by Gasteiger charge is 2.21. The molecule has 2 rings (SSSR count). The smallest absolute Gasteiger partial charge is 0.331 e. The largest absolute Gasteiger partial charge is 0.449 e. The molecule has 4 nitrogen and oxygen atoms in total. The van der Waals surface area contributed by atoms with Crippen LogP contribution in [0.3, 0.4) is 0 Å². The van der Waals surface area contributed by atoms with E-state index in [1.807, 2.05) is 54.6 Å². The van der Waals surface area contributed by atoms with Gasteiger partial charge in [-0.1, -0.05) is 46.3 Å². The lowest BCUT2D eigenvalue weighted by Crippen LogP contribution is -2.37. The van der Waals surface area contributed by atoms with Gasteiger partial charge in [0, 0.05) is 23.3 Å². The van der Waals surface area contributed by atoms with Gasteiger partial charge in [0.2, 0.25) is 0 Å². The fraction of sp³-hybridized carbons (Fsp3) is 0.158. The van der Waals surface area contributed by atoms with Crippen molar-refractivity contribution < 1.29 is 14.3 Å². The summed E-state index contributed by atoms with van der Waals surface area (Å²) in [5.74, 6) is -0.841. The molecular formula is C19H18BrNO3. The Hall–Kier alpha value is -2.40. The topological polar surface area (TPSA) is 46.6 Å². The van der Waals surface area contributed by atoms with Crippen LogP contribution in [0.15, 0.2) is 65.1 Å². The number of carbonyl (C=O) groups excluding carboxylic acids is 2. The molecule has 0 aliphatic carbocycles. The molecule has 5 heteroatoms. The average molecular weight is 388 g/mol. The van der Waals surface area contributed by atoms with E-state index in [-0.39, 0.29) is 5.91 Å². The molecule has 0 spiro atoms. The molecule has 0 heterocycles. The van der Waals surface area contributed by atoms with Crippen LogP contribution >= 0.6 is 15.9 Å². The minimum atomic E-state index is -0.864. The number of carbonyl (C=O) groups is 2. The van der Waals surface area contributed by atoms with Crippen molar-refractivity contribution in [2.75, 3.05) is 11.9 Å². The maximum Gasteiger partial charge on any atom is 0.331 e. The quantitative estimate of drug-likeness (QED) is 0.573. The van der Waals surface area contributed by atoms with Crippen molar-refractivity contribution in [2.24, 2.45) is 0 Å². The molecule has 24 heavy (non-hydrogen) atoms. The number of nitrogens with zero attached hydrogens (tertiary/aromatic N) is 1. The molecule has 2 aromatic carbocycles. The lowest BCUT2D eigenvalue weighted by atomic mass is 10.2. The van der Waals surface area contributed by atoms with E-state index in [0.29, 0.717) is 0 Å². The van der Waals surface area contributed by atoms with Crippen LogP contribution in [0.4, 0.5) is 5.69 Å². The standard InChI is InChI=1S/C19H18BrNO3/c1-14(19(23)21(2)17-6-4-3-5-7-17)24-18(22)13-10-15-8-11-16(20)12-9-15/h3-14H,1-2H3/b13-10+/t14-/m0/s1. The van der Waals surface area contributed by atoms with Crippen LogP contribution in [0.25, 0.3) is 6.08 Å². The second-order valence-corrected chi connectivity index (χ2v) is 6.11. The predicted octanol–water partition coefficient (Wildman–Crippen LogP) is 4.06. The van der Waals surface area contributed by atoms with Gasteiger partial charge in [0.15, 0.2) is 6.10 Å². The van der Waals surface area contributed by atoms with Crippen molar-refractivity contribution in [3.05, 3.63) is 70.7 Å². The van der Waals surface area contributed by atoms with Gasteiger partial charge in [-0.15, -0.1) is 0 Å². The van der Waals surface area contributed by atoms with Gasteiger partial charge < -0.3 is 9.64 Å². The molecule has 0 saturated heterocycles. The van der Waals surface area contributed by atoms with Gasteiger partial charge in [0.1, 0.15) is 0 Å². The van der Waals surface area contributed by atoms with E-state index in [1.165, 1.54) is 11.0 Å². The second-order valence-electron chi connectivity index (χ2n) is 5.20. The summed E-state index contributed by atoms with van der Waals surface area (Å²) in [6, 6.07) is 16.7. The lowest BCUT2D eigenvalue weighted by Gasteiger charge is -2.21. The van der Waals surface area contributed by atoms with Gasteiger partial charge >= 0.3 is 5.97 Å². The molecule has 0 aromatic heterocycles. The first-order valence-electron chi connectivity index (χ1n) is 7.44. The van der Waals surface area contributed by atoms with E-state index in [2.05, 4.69) is 15.9 Å². The Morgan fingerprint density at radius 3 is 2.33 bits per heavy atom. The number of benzene rings is 2. The molecule has 0 aliphatic rings. The van der Waals surface area contributed by atoms with Gasteiger partial charge in [-0.3, -0.25) is 4.79 Å². The van der Waals surface area contributed by atoms with Crippen LogP contribution in [0.2, 0.25) is 0 Å². The first kappa shape index (κ1) is 17.9. The molecular weight excluding hydrogens is 370 g/mol. The molecule has 0 unspecified atom stereocenters. The normalized spacial score (nSPS) is 12.0. The van der Waals surface area contributed by atoms with E-state index >= 15 is 0 Å². The number of hydrogen-bond donors (Lipinski definition) is 0. The SMILES string of the molecule is C[C@H](OC(=O)/C=C/c1ccc(Br)cc1)C(=O)N(C)c1ccccc1. The minimum absolute atomic E-state index is 0.286. The van der Waals surface area contributed by atoms with Gasteiger partial charge in [-0.05, 0) is 42.8 Å². The summed E-state index contributed by atoms with van der Waals surface area (Å²) in [4.78, 5) is 25.6.